The fourth-order valence-electron chi connectivity index (χ4n) is 3.77. The van der Waals surface area contributed by atoms with Crippen LogP contribution in [0.25, 0.3) is 0 Å². The molecule has 0 spiro atoms. The molecule has 8 heteroatoms. The van der Waals surface area contributed by atoms with Crippen LogP contribution in [0, 0.1) is 6.92 Å². The molecule has 33 heavy (non-hydrogen) atoms. The van der Waals surface area contributed by atoms with Gasteiger partial charge in [0.1, 0.15) is 10.8 Å². The number of carbonyl (C=O) groups is 2. The number of aryl methyl sites for hydroxylation is 2. The standard InChI is InChI=1S/C25H29N3O4S/c1-4-17(3)32-25(30)22-18-10-6-8-12-21(18)33-24(22)26-23(29)19-13-14-28(27-19)15-31-20-11-7-5-9-16(20)2/h5,7,9,11,13-14,17H,4,6,8,10,12,15H2,1-3H3,(H,26,29). The Morgan fingerprint density at radius 3 is 2.79 bits per heavy atom. The zero-order valence-corrected chi connectivity index (χ0v) is 20.0. The third-order valence-electron chi connectivity index (χ3n) is 5.80. The van der Waals surface area contributed by atoms with E-state index in [9.17, 15) is 9.59 Å². The quantitative estimate of drug-likeness (QED) is 0.450. The summed E-state index contributed by atoms with van der Waals surface area (Å²) in [4.78, 5) is 27.0. The summed E-state index contributed by atoms with van der Waals surface area (Å²) in [5.41, 5.74) is 2.81. The van der Waals surface area contributed by atoms with Crippen molar-refractivity contribution < 1.29 is 19.1 Å². The predicted octanol–water partition coefficient (Wildman–Crippen LogP) is 5.38. The minimum absolute atomic E-state index is 0.177. The number of carbonyl (C=O) groups excluding carboxylic acids is 2. The third kappa shape index (κ3) is 5.27. The number of para-hydroxylation sites is 1. The molecular weight excluding hydrogens is 438 g/mol. The second kappa shape index (κ2) is 10.2. The summed E-state index contributed by atoms with van der Waals surface area (Å²) >= 11 is 1.47. The van der Waals surface area contributed by atoms with E-state index in [1.54, 1.807) is 16.9 Å². The Morgan fingerprint density at radius 1 is 1.21 bits per heavy atom. The van der Waals surface area contributed by atoms with E-state index in [1.807, 2.05) is 45.0 Å². The third-order valence-corrected chi connectivity index (χ3v) is 7.01. The van der Waals surface area contributed by atoms with Crippen LogP contribution in [0.3, 0.4) is 0 Å². The Labute approximate surface area is 197 Å². The van der Waals surface area contributed by atoms with Crippen LogP contribution in [0.2, 0.25) is 0 Å². The second-order valence-corrected chi connectivity index (χ2v) is 9.38. The van der Waals surface area contributed by atoms with E-state index in [1.165, 1.54) is 11.3 Å². The van der Waals surface area contributed by atoms with Crippen molar-refractivity contribution in [2.75, 3.05) is 5.32 Å². The molecule has 0 aliphatic heterocycles. The molecule has 1 aromatic carbocycles. The SMILES string of the molecule is CCC(C)OC(=O)c1c(NC(=O)c2ccn(COc3ccccc3C)n2)sc2c1CCCC2. The maximum absolute atomic E-state index is 12.9. The average Bonchev–Trinajstić information content (AvgIpc) is 3.43. The largest absolute Gasteiger partial charge is 0.471 e. The van der Waals surface area contributed by atoms with Gasteiger partial charge in [-0.2, -0.15) is 5.10 Å². The Kier molecular flexibility index (Phi) is 7.13. The molecule has 1 N–H and O–H groups in total. The van der Waals surface area contributed by atoms with Gasteiger partial charge in [0, 0.05) is 11.1 Å². The van der Waals surface area contributed by atoms with Gasteiger partial charge < -0.3 is 14.8 Å². The Bertz CT molecular complexity index is 1150. The Balaban J connectivity index is 1.49. The van der Waals surface area contributed by atoms with Crippen molar-refractivity contribution in [3.8, 4) is 5.75 Å². The number of thiophene rings is 1. The van der Waals surface area contributed by atoms with Gasteiger partial charge in [-0.05, 0) is 69.2 Å². The highest BCUT2D eigenvalue weighted by Gasteiger charge is 2.28. The van der Waals surface area contributed by atoms with E-state index in [4.69, 9.17) is 9.47 Å². The number of esters is 1. The van der Waals surface area contributed by atoms with E-state index >= 15 is 0 Å². The molecule has 0 bridgehead atoms. The summed E-state index contributed by atoms with van der Waals surface area (Å²) in [5, 5.41) is 7.80. The smallest absolute Gasteiger partial charge is 0.341 e. The molecule has 0 saturated carbocycles. The molecule has 174 valence electrons. The summed E-state index contributed by atoms with van der Waals surface area (Å²) in [6, 6.07) is 9.37. The lowest BCUT2D eigenvalue weighted by Crippen LogP contribution is -2.19. The van der Waals surface area contributed by atoms with Crippen molar-refractivity contribution >= 4 is 28.2 Å². The predicted molar refractivity (Wildman–Crippen MR) is 128 cm³/mol. The van der Waals surface area contributed by atoms with Gasteiger partial charge in [0.25, 0.3) is 5.91 Å². The molecule has 7 nitrogen and oxygen atoms in total. The van der Waals surface area contributed by atoms with Gasteiger partial charge in [-0.15, -0.1) is 11.3 Å². The molecule has 1 aliphatic carbocycles. The van der Waals surface area contributed by atoms with Crippen LogP contribution in [0.5, 0.6) is 5.75 Å². The molecule has 0 fully saturated rings. The molecular formula is C25H29N3O4S. The first-order chi connectivity index (χ1) is 16.0. The molecule has 0 saturated heterocycles. The van der Waals surface area contributed by atoms with Gasteiger partial charge in [0.05, 0.1) is 11.7 Å². The lowest BCUT2D eigenvalue weighted by molar-refractivity contribution is 0.0335. The normalized spacial score (nSPS) is 13.8. The first-order valence-corrected chi connectivity index (χ1v) is 12.2. The van der Waals surface area contributed by atoms with Crippen molar-refractivity contribution in [1.82, 2.24) is 9.78 Å². The van der Waals surface area contributed by atoms with Crippen molar-refractivity contribution in [1.29, 1.82) is 0 Å². The molecule has 1 atom stereocenters. The van der Waals surface area contributed by atoms with Crippen molar-refractivity contribution in [3.05, 3.63) is 63.8 Å². The topological polar surface area (TPSA) is 82.5 Å². The zero-order chi connectivity index (χ0) is 23.4. The minimum Gasteiger partial charge on any atom is -0.471 e. The first kappa shape index (κ1) is 23.0. The Hall–Kier alpha value is -3.13. The lowest BCUT2D eigenvalue weighted by Gasteiger charge is -2.15. The summed E-state index contributed by atoms with van der Waals surface area (Å²) in [6.07, 6.45) is 6.14. The number of hydrogen-bond acceptors (Lipinski definition) is 6. The van der Waals surface area contributed by atoms with E-state index in [0.717, 1.165) is 53.9 Å². The van der Waals surface area contributed by atoms with Gasteiger partial charge >= 0.3 is 5.97 Å². The zero-order valence-electron chi connectivity index (χ0n) is 19.2. The number of amides is 1. The van der Waals surface area contributed by atoms with Gasteiger partial charge in [-0.25, -0.2) is 9.48 Å². The fourth-order valence-corrected chi connectivity index (χ4v) is 5.04. The van der Waals surface area contributed by atoms with Gasteiger partial charge in [0.15, 0.2) is 12.4 Å². The number of aromatic nitrogens is 2. The Morgan fingerprint density at radius 2 is 2.00 bits per heavy atom. The highest BCUT2D eigenvalue weighted by atomic mass is 32.1. The number of benzene rings is 1. The molecule has 2 heterocycles. The summed E-state index contributed by atoms with van der Waals surface area (Å²) in [6.45, 7) is 6.02. The highest BCUT2D eigenvalue weighted by molar-refractivity contribution is 7.17. The van der Waals surface area contributed by atoms with Crippen molar-refractivity contribution in [2.45, 2.75) is 65.7 Å². The van der Waals surface area contributed by atoms with E-state index in [-0.39, 0.29) is 30.4 Å². The molecule has 0 radical (unpaired) electrons. The van der Waals surface area contributed by atoms with Crippen LogP contribution in [-0.2, 0) is 24.3 Å². The summed E-state index contributed by atoms with van der Waals surface area (Å²) in [7, 11) is 0. The maximum Gasteiger partial charge on any atom is 0.341 e. The number of nitrogens with one attached hydrogen (secondary N) is 1. The van der Waals surface area contributed by atoms with Crippen LogP contribution in [-0.4, -0.2) is 27.8 Å². The lowest BCUT2D eigenvalue weighted by atomic mass is 9.95. The van der Waals surface area contributed by atoms with Crippen LogP contribution in [0.1, 0.15) is 70.0 Å². The molecule has 1 aliphatic rings. The monoisotopic (exact) mass is 467 g/mol. The van der Waals surface area contributed by atoms with Crippen LogP contribution >= 0.6 is 11.3 Å². The molecule has 3 aromatic rings. The molecule has 2 aromatic heterocycles. The average molecular weight is 468 g/mol. The first-order valence-electron chi connectivity index (χ1n) is 11.3. The number of fused-ring (bicyclic) bond motifs is 1. The van der Waals surface area contributed by atoms with E-state index < -0.39 is 0 Å². The van der Waals surface area contributed by atoms with Gasteiger partial charge in [0.2, 0.25) is 0 Å². The number of nitrogens with zero attached hydrogens (tertiary/aromatic N) is 2. The van der Waals surface area contributed by atoms with E-state index in [0.29, 0.717) is 10.6 Å². The van der Waals surface area contributed by atoms with Gasteiger partial charge in [-0.3, -0.25) is 4.79 Å². The second-order valence-electron chi connectivity index (χ2n) is 8.27. The van der Waals surface area contributed by atoms with Crippen molar-refractivity contribution in [2.24, 2.45) is 0 Å². The maximum atomic E-state index is 12.9. The van der Waals surface area contributed by atoms with Gasteiger partial charge in [-0.1, -0.05) is 25.1 Å². The molecule has 1 unspecified atom stereocenters. The number of hydrogen-bond donors (Lipinski definition) is 1. The summed E-state index contributed by atoms with van der Waals surface area (Å²) < 4.78 is 13.0. The summed E-state index contributed by atoms with van der Waals surface area (Å²) in [5.74, 6) is 0.0460. The number of rotatable bonds is 8. The van der Waals surface area contributed by atoms with Crippen molar-refractivity contribution in [3.63, 3.8) is 0 Å². The molecule has 4 rings (SSSR count). The minimum atomic E-state index is -0.365. The van der Waals surface area contributed by atoms with E-state index in [2.05, 4.69) is 10.4 Å². The van der Waals surface area contributed by atoms with Crippen LogP contribution in [0.15, 0.2) is 36.5 Å². The fraction of sp³-hybridized carbons (Fsp3) is 0.400. The highest BCUT2D eigenvalue weighted by Crippen LogP contribution is 2.39. The number of anilines is 1. The van der Waals surface area contributed by atoms with Crippen LogP contribution < -0.4 is 10.1 Å². The van der Waals surface area contributed by atoms with Crippen LogP contribution in [0.4, 0.5) is 5.00 Å². The number of ether oxygens (including phenoxy) is 2. The molecule has 1 amide bonds.